The first-order valence-corrected chi connectivity index (χ1v) is 6.78. The van der Waals surface area contributed by atoms with Crippen molar-refractivity contribution >= 4 is 5.91 Å². The van der Waals surface area contributed by atoms with Gasteiger partial charge < -0.3 is 10.0 Å². The molecule has 1 N–H and O–H groups in total. The molecular weight excluding hydrogens is 216 g/mol. The molecule has 0 heterocycles. The van der Waals surface area contributed by atoms with E-state index in [1.54, 1.807) is 11.9 Å². The van der Waals surface area contributed by atoms with Gasteiger partial charge in [0.1, 0.15) is 0 Å². The van der Waals surface area contributed by atoms with Crippen LogP contribution in [0.5, 0.6) is 0 Å². The predicted octanol–water partition coefficient (Wildman–Crippen LogP) is 0.700. The maximum absolute atomic E-state index is 12.0. The molecule has 2 fully saturated rings. The van der Waals surface area contributed by atoms with Crippen LogP contribution >= 0.6 is 0 Å². The minimum absolute atomic E-state index is 0.137. The maximum Gasteiger partial charge on any atom is 0.236 e. The van der Waals surface area contributed by atoms with Gasteiger partial charge in [-0.2, -0.15) is 0 Å². The van der Waals surface area contributed by atoms with E-state index >= 15 is 0 Å². The van der Waals surface area contributed by atoms with Gasteiger partial charge in [-0.25, -0.2) is 0 Å². The average molecular weight is 240 g/mol. The fraction of sp³-hybridized carbons (Fsp3) is 0.923. The Morgan fingerprint density at radius 3 is 2.47 bits per heavy atom. The van der Waals surface area contributed by atoms with Crippen LogP contribution in [0.25, 0.3) is 0 Å². The van der Waals surface area contributed by atoms with Crippen LogP contribution in [0.4, 0.5) is 0 Å². The highest BCUT2D eigenvalue weighted by Crippen LogP contribution is 2.32. The second kappa shape index (κ2) is 5.36. The summed E-state index contributed by atoms with van der Waals surface area (Å²) in [5.41, 5.74) is 0. The molecule has 17 heavy (non-hydrogen) atoms. The van der Waals surface area contributed by atoms with E-state index in [2.05, 4.69) is 11.8 Å². The van der Waals surface area contributed by atoms with Gasteiger partial charge in [0.2, 0.25) is 5.91 Å². The molecule has 0 radical (unpaired) electrons. The summed E-state index contributed by atoms with van der Waals surface area (Å²) in [7, 11) is 1.80. The summed E-state index contributed by atoms with van der Waals surface area (Å²) in [6.07, 6.45) is 4.38. The molecule has 4 heteroatoms. The molecule has 2 rings (SSSR count). The van der Waals surface area contributed by atoms with E-state index in [9.17, 15) is 9.90 Å². The van der Waals surface area contributed by atoms with Crippen LogP contribution in [-0.2, 0) is 4.79 Å². The van der Waals surface area contributed by atoms with Crippen molar-refractivity contribution in [3.63, 3.8) is 0 Å². The fourth-order valence-electron chi connectivity index (χ4n) is 2.25. The average Bonchev–Trinajstić information content (AvgIpc) is 3.18. The van der Waals surface area contributed by atoms with E-state index in [1.165, 1.54) is 12.8 Å². The predicted molar refractivity (Wildman–Crippen MR) is 66.6 cm³/mol. The number of carbonyl (C=O) groups is 1. The molecule has 4 nitrogen and oxygen atoms in total. The van der Waals surface area contributed by atoms with Gasteiger partial charge in [0.15, 0.2) is 0 Å². The highest BCUT2D eigenvalue weighted by atomic mass is 16.3. The number of rotatable bonds is 7. The zero-order valence-corrected chi connectivity index (χ0v) is 10.9. The minimum Gasteiger partial charge on any atom is -0.391 e. The molecule has 1 amide bonds. The molecule has 0 saturated heterocycles. The molecule has 1 unspecified atom stereocenters. The summed E-state index contributed by atoms with van der Waals surface area (Å²) in [5, 5.41) is 9.81. The van der Waals surface area contributed by atoms with E-state index in [4.69, 9.17) is 0 Å². The Kier molecular flexibility index (Phi) is 4.05. The molecule has 0 aromatic carbocycles. The topological polar surface area (TPSA) is 43.8 Å². The molecule has 2 aliphatic carbocycles. The molecule has 0 aromatic heterocycles. The van der Waals surface area contributed by atoms with Gasteiger partial charge in [0.25, 0.3) is 0 Å². The third-order valence-electron chi connectivity index (χ3n) is 3.86. The summed E-state index contributed by atoms with van der Waals surface area (Å²) in [6, 6.07) is 0.630. The van der Waals surface area contributed by atoms with Gasteiger partial charge in [-0.1, -0.05) is 6.92 Å². The Hall–Kier alpha value is -0.610. The number of hydrogen-bond acceptors (Lipinski definition) is 3. The first-order chi connectivity index (χ1) is 8.11. The highest BCUT2D eigenvalue weighted by molar-refractivity contribution is 5.78. The lowest BCUT2D eigenvalue weighted by Crippen LogP contribution is -2.42. The molecule has 2 aliphatic rings. The van der Waals surface area contributed by atoms with Gasteiger partial charge in [0.05, 0.1) is 12.6 Å². The third-order valence-corrected chi connectivity index (χ3v) is 3.86. The Bertz CT molecular complexity index is 275. The molecule has 2 saturated carbocycles. The number of nitrogens with zero attached hydrogens (tertiary/aromatic N) is 2. The van der Waals surface area contributed by atoms with Crippen molar-refractivity contribution in [3.8, 4) is 0 Å². The summed E-state index contributed by atoms with van der Waals surface area (Å²) >= 11 is 0. The number of amides is 1. The smallest absolute Gasteiger partial charge is 0.236 e. The van der Waals surface area contributed by atoms with Crippen molar-refractivity contribution < 1.29 is 9.90 Å². The molecular formula is C13H24N2O2. The number of aliphatic hydroxyl groups excluding tert-OH is 1. The summed E-state index contributed by atoms with van der Waals surface area (Å²) in [5.74, 6) is 0.578. The quantitative estimate of drug-likeness (QED) is 0.712. The van der Waals surface area contributed by atoms with Gasteiger partial charge >= 0.3 is 0 Å². The number of carbonyl (C=O) groups excluding carboxylic acids is 1. The third kappa shape index (κ3) is 3.68. The van der Waals surface area contributed by atoms with Crippen LogP contribution in [0.3, 0.4) is 0 Å². The second-order valence-electron chi connectivity index (χ2n) is 5.47. The summed E-state index contributed by atoms with van der Waals surface area (Å²) in [6.45, 7) is 4.04. The van der Waals surface area contributed by atoms with E-state index in [1.807, 2.05) is 0 Å². The Morgan fingerprint density at radius 1 is 1.35 bits per heavy atom. The molecule has 0 bridgehead atoms. The number of hydrogen-bond donors (Lipinski definition) is 1. The second-order valence-corrected chi connectivity index (χ2v) is 5.47. The first kappa shape index (κ1) is 12.8. The van der Waals surface area contributed by atoms with E-state index < -0.39 is 0 Å². The number of likely N-dealkylation sites (N-methyl/N-ethyl adjacent to an activating group) is 2. The molecule has 0 aromatic rings. The van der Waals surface area contributed by atoms with Crippen LogP contribution in [0.2, 0.25) is 0 Å². The van der Waals surface area contributed by atoms with Crippen LogP contribution < -0.4 is 0 Å². The molecule has 98 valence electrons. The maximum atomic E-state index is 12.0. The van der Waals surface area contributed by atoms with Crippen molar-refractivity contribution in [2.45, 2.75) is 44.8 Å². The fourth-order valence-corrected chi connectivity index (χ4v) is 2.25. The zero-order chi connectivity index (χ0) is 12.4. The zero-order valence-electron chi connectivity index (χ0n) is 10.9. The van der Waals surface area contributed by atoms with E-state index in [-0.39, 0.29) is 12.0 Å². The van der Waals surface area contributed by atoms with Crippen LogP contribution in [0.1, 0.15) is 32.6 Å². The first-order valence-electron chi connectivity index (χ1n) is 6.78. The summed E-state index contributed by atoms with van der Waals surface area (Å²) in [4.78, 5) is 15.9. The normalized spacial score (nSPS) is 21.6. The van der Waals surface area contributed by atoms with E-state index in [0.717, 1.165) is 19.4 Å². The highest BCUT2D eigenvalue weighted by Gasteiger charge is 2.32. The van der Waals surface area contributed by atoms with Crippen molar-refractivity contribution in [1.82, 2.24) is 9.80 Å². The molecule has 0 aliphatic heterocycles. The van der Waals surface area contributed by atoms with Crippen molar-refractivity contribution in [1.29, 1.82) is 0 Å². The van der Waals surface area contributed by atoms with Crippen molar-refractivity contribution in [3.05, 3.63) is 0 Å². The lowest BCUT2D eigenvalue weighted by atomic mass is 10.2. The van der Waals surface area contributed by atoms with E-state index in [0.29, 0.717) is 25.0 Å². The molecule has 1 atom stereocenters. The Labute approximate surface area is 104 Å². The standard InChI is InChI=1S/C13H24N2O2/c1-3-15(11-6-7-11)9-13(17)14(2)8-12(16)10-4-5-10/h10-12,16H,3-9H2,1-2H3. The molecule has 0 spiro atoms. The monoisotopic (exact) mass is 240 g/mol. The van der Waals surface area contributed by atoms with Crippen molar-refractivity contribution in [2.75, 3.05) is 26.7 Å². The Morgan fingerprint density at radius 2 is 2.00 bits per heavy atom. The lowest BCUT2D eigenvalue weighted by Gasteiger charge is -2.25. The Balaban J connectivity index is 1.73. The van der Waals surface area contributed by atoms with Crippen LogP contribution in [0.15, 0.2) is 0 Å². The minimum atomic E-state index is -0.319. The number of aliphatic hydroxyl groups is 1. The SMILES string of the molecule is CCN(CC(=O)N(C)CC(O)C1CC1)C1CC1. The summed E-state index contributed by atoms with van der Waals surface area (Å²) < 4.78 is 0. The van der Waals surface area contributed by atoms with Gasteiger partial charge in [-0.3, -0.25) is 9.69 Å². The van der Waals surface area contributed by atoms with Crippen LogP contribution in [-0.4, -0.2) is 59.6 Å². The lowest BCUT2D eigenvalue weighted by molar-refractivity contribution is -0.132. The largest absolute Gasteiger partial charge is 0.391 e. The van der Waals surface area contributed by atoms with Gasteiger partial charge in [-0.15, -0.1) is 0 Å². The van der Waals surface area contributed by atoms with Crippen LogP contribution in [0, 0.1) is 5.92 Å². The van der Waals surface area contributed by atoms with Gasteiger partial charge in [0, 0.05) is 19.6 Å². The van der Waals surface area contributed by atoms with Gasteiger partial charge in [-0.05, 0) is 38.1 Å². The van der Waals surface area contributed by atoms with Crippen molar-refractivity contribution in [2.24, 2.45) is 5.92 Å².